The summed E-state index contributed by atoms with van der Waals surface area (Å²) >= 11 is 4.41. The highest BCUT2D eigenvalue weighted by atomic mass is 127. The van der Waals surface area contributed by atoms with E-state index >= 15 is 0 Å². The molecule has 0 amide bonds. The predicted molar refractivity (Wildman–Crippen MR) is 91.0 cm³/mol. The van der Waals surface area contributed by atoms with Gasteiger partial charge < -0.3 is 16.2 Å². The van der Waals surface area contributed by atoms with Gasteiger partial charge in [0.2, 0.25) is 5.96 Å². The number of nitrogens with two attached hydrogens (primary N) is 2. The Morgan fingerprint density at radius 3 is 2.44 bits per heavy atom. The van der Waals surface area contributed by atoms with E-state index in [9.17, 15) is 0 Å². The molecular formula is C11H12I2N4O. The molecular weight excluding hydrogens is 458 g/mol. The van der Waals surface area contributed by atoms with Crippen LogP contribution in [0.4, 0.5) is 0 Å². The van der Waals surface area contributed by atoms with Crippen molar-refractivity contribution < 1.29 is 4.74 Å². The number of guanidine groups is 1. The van der Waals surface area contributed by atoms with Crippen molar-refractivity contribution in [2.45, 2.75) is 0 Å². The molecule has 7 heteroatoms. The first kappa shape index (κ1) is 15.2. The lowest BCUT2D eigenvalue weighted by atomic mass is 10.2. The molecule has 0 bridgehead atoms. The van der Waals surface area contributed by atoms with E-state index in [4.69, 9.17) is 16.2 Å². The summed E-state index contributed by atoms with van der Waals surface area (Å²) in [7, 11) is 0. The second-order valence-corrected chi connectivity index (χ2v) is 5.51. The fourth-order valence-corrected chi connectivity index (χ4v) is 3.22. The molecule has 5 nitrogen and oxygen atoms in total. The van der Waals surface area contributed by atoms with E-state index in [1.165, 1.54) is 0 Å². The molecule has 18 heavy (non-hydrogen) atoms. The summed E-state index contributed by atoms with van der Waals surface area (Å²) in [5.41, 5.74) is 11.3. The van der Waals surface area contributed by atoms with Gasteiger partial charge in [0.25, 0.3) is 0 Å². The van der Waals surface area contributed by atoms with Crippen molar-refractivity contribution >= 4 is 57.4 Å². The summed E-state index contributed by atoms with van der Waals surface area (Å²) in [4.78, 5) is 0. The maximum Gasteiger partial charge on any atom is 0.211 e. The molecule has 0 radical (unpaired) electrons. The van der Waals surface area contributed by atoms with Crippen molar-refractivity contribution in [1.29, 1.82) is 0 Å². The fraction of sp³-hybridized carbons (Fsp3) is 0.0909. The van der Waals surface area contributed by atoms with Crippen LogP contribution in [0, 0.1) is 7.14 Å². The van der Waals surface area contributed by atoms with Gasteiger partial charge in [0.05, 0.1) is 13.4 Å². The third kappa shape index (κ3) is 4.80. The van der Waals surface area contributed by atoms with E-state index in [0.717, 1.165) is 18.5 Å². The molecule has 0 spiro atoms. The topological polar surface area (TPSA) is 86.0 Å². The number of halogens is 2. The molecule has 1 aromatic rings. The van der Waals surface area contributed by atoms with Gasteiger partial charge in [-0.05, 0) is 62.9 Å². The van der Waals surface area contributed by atoms with Crippen molar-refractivity contribution in [1.82, 2.24) is 0 Å². The smallest absolute Gasteiger partial charge is 0.211 e. The SMILES string of the molecule is C=CCOc1c(I)cc(/C=N\N=C(N)N)cc1I. The van der Waals surface area contributed by atoms with Crippen LogP contribution in [-0.2, 0) is 0 Å². The van der Waals surface area contributed by atoms with Gasteiger partial charge in [0, 0.05) is 0 Å². The molecule has 0 atom stereocenters. The Hall–Kier alpha value is -0.840. The average Bonchev–Trinajstić information content (AvgIpc) is 2.27. The molecule has 0 unspecified atom stereocenters. The van der Waals surface area contributed by atoms with Crippen molar-refractivity contribution in [2.24, 2.45) is 21.7 Å². The number of hydrogen-bond acceptors (Lipinski definition) is 3. The minimum absolute atomic E-state index is 0.0680. The highest BCUT2D eigenvalue weighted by Crippen LogP contribution is 2.28. The molecule has 1 aromatic carbocycles. The van der Waals surface area contributed by atoms with Gasteiger partial charge in [0.15, 0.2) is 0 Å². The Kier molecular flexibility index (Phi) is 6.39. The zero-order valence-corrected chi connectivity index (χ0v) is 13.8. The second kappa shape index (κ2) is 7.56. The zero-order valence-electron chi connectivity index (χ0n) is 9.44. The summed E-state index contributed by atoms with van der Waals surface area (Å²) in [6.07, 6.45) is 3.29. The lowest BCUT2D eigenvalue weighted by molar-refractivity contribution is 0.358. The Labute approximate surface area is 133 Å². The summed E-state index contributed by atoms with van der Waals surface area (Å²) in [5.74, 6) is 0.775. The zero-order chi connectivity index (χ0) is 13.5. The molecule has 0 aliphatic carbocycles. The molecule has 4 N–H and O–H groups in total. The summed E-state index contributed by atoms with van der Waals surface area (Å²) in [6.45, 7) is 4.10. The van der Waals surface area contributed by atoms with Crippen LogP contribution < -0.4 is 16.2 Å². The molecule has 0 fully saturated rings. The molecule has 0 saturated heterocycles. The van der Waals surface area contributed by atoms with Crippen molar-refractivity contribution in [3.8, 4) is 5.75 Å². The van der Waals surface area contributed by atoms with Gasteiger partial charge in [-0.2, -0.15) is 5.10 Å². The standard InChI is InChI=1S/C11H12I2N4O/c1-2-3-18-10-8(12)4-7(5-9(10)13)6-16-17-11(14)15/h2,4-6H,1,3H2,(H4,14,15,17)/b16-6-. The van der Waals surface area contributed by atoms with Gasteiger partial charge >= 0.3 is 0 Å². The van der Waals surface area contributed by atoms with Crippen molar-refractivity contribution in [3.05, 3.63) is 37.5 Å². The molecule has 0 saturated carbocycles. The van der Waals surface area contributed by atoms with Gasteiger partial charge in [-0.15, -0.1) is 5.10 Å². The number of hydrogen-bond donors (Lipinski definition) is 2. The maximum absolute atomic E-state index is 5.57. The molecule has 1 rings (SSSR count). The normalized spacial score (nSPS) is 10.3. The van der Waals surface area contributed by atoms with Gasteiger partial charge in [-0.3, -0.25) is 0 Å². The van der Waals surface area contributed by atoms with Crippen LogP contribution >= 0.6 is 45.2 Å². The molecule has 0 aromatic heterocycles. The highest BCUT2D eigenvalue weighted by Gasteiger charge is 2.07. The summed E-state index contributed by atoms with van der Waals surface area (Å²) in [5, 5.41) is 7.31. The molecule has 0 aliphatic heterocycles. The van der Waals surface area contributed by atoms with Crippen molar-refractivity contribution in [3.63, 3.8) is 0 Å². The molecule has 0 aliphatic rings. The Bertz CT molecular complexity index is 473. The van der Waals surface area contributed by atoms with Crippen LogP contribution in [0.25, 0.3) is 0 Å². The monoisotopic (exact) mass is 470 g/mol. The van der Waals surface area contributed by atoms with Gasteiger partial charge in [-0.25, -0.2) is 0 Å². The van der Waals surface area contributed by atoms with Crippen LogP contribution in [-0.4, -0.2) is 18.8 Å². The first-order valence-electron chi connectivity index (χ1n) is 4.89. The quantitative estimate of drug-likeness (QED) is 0.227. The van der Waals surface area contributed by atoms with Crippen LogP contribution in [0.5, 0.6) is 5.75 Å². The van der Waals surface area contributed by atoms with E-state index in [1.807, 2.05) is 12.1 Å². The Morgan fingerprint density at radius 2 is 1.94 bits per heavy atom. The lowest BCUT2D eigenvalue weighted by Gasteiger charge is -2.09. The maximum atomic E-state index is 5.57. The molecule has 0 heterocycles. The van der Waals surface area contributed by atoms with Crippen LogP contribution in [0.3, 0.4) is 0 Å². The number of rotatable bonds is 5. The van der Waals surface area contributed by atoms with E-state index in [1.54, 1.807) is 12.3 Å². The number of ether oxygens (including phenoxy) is 1. The largest absolute Gasteiger partial charge is 0.487 e. The lowest BCUT2D eigenvalue weighted by Crippen LogP contribution is -2.21. The van der Waals surface area contributed by atoms with E-state index in [-0.39, 0.29) is 5.96 Å². The average molecular weight is 470 g/mol. The number of nitrogens with zero attached hydrogens (tertiary/aromatic N) is 2. The highest BCUT2D eigenvalue weighted by molar-refractivity contribution is 14.1. The van der Waals surface area contributed by atoms with E-state index < -0.39 is 0 Å². The summed E-state index contributed by atoms with van der Waals surface area (Å²) < 4.78 is 7.56. The van der Waals surface area contributed by atoms with Crippen LogP contribution in [0.2, 0.25) is 0 Å². The first-order chi connectivity index (χ1) is 8.54. The van der Waals surface area contributed by atoms with Gasteiger partial charge in [0.1, 0.15) is 12.4 Å². The fourth-order valence-electron chi connectivity index (χ4n) is 1.10. The third-order valence-corrected chi connectivity index (χ3v) is 3.35. The van der Waals surface area contributed by atoms with Crippen molar-refractivity contribution in [2.75, 3.05) is 6.61 Å². The minimum Gasteiger partial charge on any atom is -0.487 e. The third-order valence-electron chi connectivity index (χ3n) is 1.75. The van der Waals surface area contributed by atoms with Crippen LogP contribution in [0.1, 0.15) is 5.56 Å². The van der Waals surface area contributed by atoms with E-state index in [2.05, 4.69) is 62.0 Å². The second-order valence-electron chi connectivity index (χ2n) is 3.18. The number of benzene rings is 1. The Balaban J connectivity index is 2.95. The minimum atomic E-state index is -0.0680. The summed E-state index contributed by atoms with van der Waals surface area (Å²) in [6, 6.07) is 3.87. The predicted octanol–water partition coefficient (Wildman–Crippen LogP) is 2.07. The van der Waals surface area contributed by atoms with Gasteiger partial charge in [-0.1, -0.05) is 12.7 Å². The molecule has 96 valence electrons. The first-order valence-corrected chi connectivity index (χ1v) is 7.05. The van der Waals surface area contributed by atoms with Crippen LogP contribution in [0.15, 0.2) is 35.0 Å². The van der Waals surface area contributed by atoms with E-state index in [0.29, 0.717) is 6.61 Å². The Morgan fingerprint density at radius 1 is 1.33 bits per heavy atom.